The lowest BCUT2D eigenvalue weighted by atomic mass is 10.1. The number of hydrogen-bond acceptors (Lipinski definition) is 2. The fourth-order valence-corrected chi connectivity index (χ4v) is 1.41. The first kappa shape index (κ1) is 16.1. The smallest absolute Gasteiger partial charge is 0.309 e. The highest BCUT2D eigenvalue weighted by Gasteiger charge is 2.31. The minimum absolute atomic E-state index is 0.263. The van der Waals surface area contributed by atoms with Gasteiger partial charge in [0, 0.05) is 17.1 Å². The summed E-state index contributed by atoms with van der Waals surface area (Å²) >= 11 is 5.57. The zero-order chi connectivity index (χ0) is 14.5. The van der Waals surface area contributed by atoms with Crippen LogP contribution in [0.4, 0.5) is 22.0 Å². The van der Waals surface area contributed by atoms with E-state index in [0.717, 1.165) is 12.1 Å². The summed E-state index contributed by atoms with van der Waals surface area (Å²) in [5, 5.41) is 2.53. The van der Waals surface area contributed by atoms with Crippen LogP contribution in [0.3, 0.4) is 0 Å². The van der Waals surface area contributed by atoms with Crippen molar-refractivity contribution in [1.29, 1.82) is 0 Å². The third kappa shape index (κ3) is 6.17. The minimum atomic E-state index is -4.75. The molecule has 8 heteroatoms. The Kier molecular flexibility index (Phi) is 5.51. The molecule has 1 N–H and O–H groups in total. The zero-order valence-electron chi connectivity index (χ0n) is 9.61. The molecular weight excluding hydrogens is 293 g/mol. The summed E-state index contributed by atoms with van der Waals surface area (Å²) in [5.41, 5.74) is -0.263. The molecule has 0 radical (unpaired) electrons. The molecule has 0 saturated heterocycles. The molecule has 0 unspecified atom stereocenters. The molecular formula is C11H11ClF5NO. The lowest BCUT2D eigenvalue weighted by Crippen LogP contribution is -2.33. The van der Waals surface area contributed by atoms with Gasteiger partial charge in [-0.25, -0.2) is 0 Å². The third-order valence-corrected chi connectivity index (χ3v) is 2.41. The van der Waals surface area contributed by atoms with Crippen LogP contribution in [0.15, 0.2) is 24.3 Å². The zero-order valence-corrected chi connectivity index (χ0v) is 10.4. The van der Waals surface area contributed by atoms with Crippen LogP contribution in [0, 0.1) is 0 Å². The minimum Gasteiger partial charge on any atom is -0.309 e. The van der Waals surface area contributed by atoms with Gasteiger partial charge in [-0.2, -0.15) is 8.78 Å². The van der Waals surface area contributed by atoms with Crippen LogP contribution in [0.5, 0.6) is 0 Å². The Morgan fingerprint density at radius 2 is 1.63 bits per heavy atom. The van der Waals surface area contributed by atoms with E-state index >= 15 is 0 Å². The van der Waals surface area contributed by atoms with Crippen molar-refractivity contribution in [1.82, 2.24) is 5.32 Å². The van der Waals surface area contributed by atoms with Crippen molar-refractivity contribution in [3.8, 4) is 0 Å². The van der Waals surface area contributed by atoms with E-state index in [0.29, 0.717) is 5.02 Å². The van der Waals surface area contributed by atoms with E-state index in [4.69, 9.17) is 11.6 Å². The molecule has 0 aliphatic carbocycles. The predicted octanol–water partition coefficient (Wildman–Crippen LogP) is 3.56. The average Bonchev–Trinajstić information content (AvgIpc) is 2.27. The molecule has 1 aromatic carbocycles. The molecule has 108 valence electrons. The van der Waals surface area contributed by atoms with E-state index in [9.17, 15) is 22.0 Å². The first-order valence-electron chi connectivity index (χ1n) is 5.26. The van der Waals surface area contributed by atoms with Gasteiger partial charge >= 0.3 is 6.36 Å². The number of ether oxygens (including phenoxy) is 1. The normalized spacial score (nSPS) is 12.7. The molecule has 0 spiro atoms. The lowest BCUT2D eigenvalue weighted by molar-refractivity contribution is -0.323. The average molecular weight is 304 g/mol. The summed E-state index contributed by atoms with van der Waals surface area (Å²) in [7, 11) is 0. The second-order valence-corrected chi connectivity index (χ2v) is 4.12. The summed E-state index contributed by atoms with van der Waals surface area (Å²) in [6, 6.07) is 4.96. The van der Waals surface area contributed by atoms with Crippen molar-refractivity contribution in [2.75, 3.05) is 19.7 Å². The van der Waals surface area contributed by atoms with Crippen LogP contribution in [-0.4, -0.2) is 26.1 Å². The standard InChI is InChI=1S/C11H11ClF5NO/c12-9-3-1-8(2-4-9)10(13,14)7-18-5-6-19-11(15,16)17/h1-4,18H,5-7H2. The number of halogens is 6. The van der Waals surface area contributed by atoms with Gasteiger partial charge in [-0.15, -0.1) is 13.2 Å². The van der Waals surface area contributed by atoms with Crippen molar-refractivity contribution >= 4 is 11.6 Å². The SMILES string of the molecule is FC(F)(F)OCCNCC(F)(F)c1ccc(Cl)cc1. The molecule has 1 rings (SSSR count). The highest BCUT2D eigenvalue weighted by molar-refractivity contribution is 6.30. The van der Waals surface area contributed by atoms with Gasteiger partial charge in [-0.1, -0.05) is 23.7 Å². The van der Waals surface area contributed by atoms with Gasteiger partial charge in [0.25, 0.3) is 5.92 Å². The second kappa shape index (κ2) is 6.49. The van der Waals surface area contributed by atoms with E-state index in [-0.39, 0.29) is 12.1 Å². The molecule has 0 heterocycles. The van der Waals surface area contributed by atoms with E-state index in [1.165, 1.54) is 12.1 Å². The maximum atomic E-state index is 13.6. The summed E-state index contributed by atoms with van der Waals surface area (Å²) in [5.74, 6) is -3.19. The van der Waals surface area contributed by atoms with E-state index in [1.54, 1.807) is 0 Å². The van der Waals surface area contributed by atoms with Crippen LogP contribution < -0.4 is 5.32 Å². The Labute approximate surface area is 111 Å². The monoisotopic (exact) mass is 303 g/mol. The summed E-state index contributed by atoms with van der Waals surface area (Å²) in [6.45, 7) is -1.83. The van der Waals surface area contributed by atoms with Crippen LogP contribution in [0.2, 0.25) is 5.02 Å². The quantitative estimate of drug-likeness (QED) is 0.641. The topological polar surface area (TPSA) is 21.3 Å². The van der Waals surface area contributed by atoms with Crippen molar-refractivity contribution in [3.05, 3.63) is 34.9 Å². The number of hydrogen-bond donors (Lipinski definition) is 1. The van der Waals surface area contributed by atoms with Crippen LogP contribution in [0.1, 0.15) is 5.56 Å². The first-order valence-corrected chi connectivity index (χ1v) is 5.64. The Morgan fingerprint density at radius 3 is 2.16 bits per heavy atom. The number of benzene rings is 1. The van der Waals surface area contributed by atoms with Crippen molar-refractivity contribution in [2.24, 2.45) is 0 Å². The van der Waals surface area contributed by atoms with Crippen LogP contribution >= 0.6 is 11.6 Å². The summed E-state index contributed by atoms with van der Waals surface area (Å²) in [6.07, 6.45) is -4.75. The highest BCUT2D eigenvalue weighted by atomic mass is 35.5. The number of rotatable bonds is 6. The highest BCUT2D eigenvalue weighted by Crippen LogP contribution is 2.28. The van der Waals surface area contributed by atoms with Gasteiger partial charge in [0.2, 0.25) is 0 Å². The molecule has 2 nitrogen and oxygen atoms in total. The summed E-state index contributed by atoms with van der Waals surface area (Å²) in [4.78, 5) is 0. The molecule has 0 saturated carbocycles. The van der Waals surface area contributed by atoms with Crippen LogP contribution in [-0.2, 0) is 10.7 Å². The molecule has 0 aromatic heterocycles. The predicted molar refractivity (Wildman–Crippen MR) is 60.2 cm³/mol. The molecule has 0 aliphatic heterocycles. The summed E-state index contributed by atoms with van der Waals surface area (Å²) < 4.78 is 65.4. The van der Waals surface area contributed by atoms with Gasteiger partial charge in [0.1, 0.15) is 0 Å². The maximum absolute atomic E-state index is 13.6. The molecule has 0 amide bonds. The fraction of sp³-hybridized carbons (Fsp3) is 0.455. The largest absolute Gasteiger partial charge is 0.522 e. The Morgan fingerprint density at radius 1 is 1.05 bits per heavy atom. The van der Waals surface area contributed by atoms with Crippen molar-refractivity contribution in [3.63, 3.8) is 0 Å². The Bertz CT molecular complexity index is 393. The van der Waals surface area contributed by atoms with Crippen LogP contribution in [0.25, 0.3) is 0 Å². The van der Waals surface area contributed by atoms with Gasteiger partial charge in [0.05, 0.1) is 13.2 Å². The number of nitrogens with one attached hydrogen (secondary N) is 1. The first-order chi connectivity index (χ1) is 8.71. The second-order valence-electron chi connectivity index (χ2n) is 3.68. The van der Waals surface area contributed by atoms with Crippen molar-refractivity contribution in [2.45, 2.75) is 12.3 Å². The van der Waals surface area contributed by atoms with E-state index in [1.807, 2.05) is 0 Å². The maximum Gasteiger partial charge on any atom is 0.522 e. The molecule has 0 bridgehead atoms. The van der Waals surface area contributed by atoms with Gasteiger partial charge in [-0.3, -0.25) is 4.74 Å². The van der Waals surface area contributed by atoms with Gasteiger partial charge in [0.15, 0.2) is 0 Å². The van der Waals surface area contributed by atoms with E-state index in [2.05, 4.69) is 10.1 Å². The van der Waals surface area contributed by atoms with E-state index < -0.39 is 25.4 Å². The molecule has 0 aliphatic rings. The molecule has 1 aromatic rings. The fourth-order valence-electron chi connectivity index (χ4n) is 1.28. The van der Waals surface area contributed by atoms with Crippen molar-refractivity contribution < 1.29 is 26.7 Å². The Hall–Kier alpha value is -0.920. The molecule has 19 heavy (non-hydrogen) atoms. The van der Waals surface area contributed by atoms with Gasteiger partial charge < -0.3 is 5.32 Å². The Balaban J connectivity index is 2.37. The number of alkyl halides is 5. The lowest BCUT2D eigenvalue weighted by Gasteiger charge is -2.17. The molecule has 0 atom stereocenters. The third-order valence-electron chi connectivity index (χ3n) is 2.16. The van der Waals surface area contributed by atoms with Gasteiger partial charge in [-0.05, 0) is 12.1 Å². The molecule has 0 fully saturated rings.